The number of aliphatic carboxylic acids is 1. The lowest BCUT2D eigenvalue weighted by molar-refractivity contribution is -0.147. The van der Waals surface area contributed by atoms with E-state index in [2.05, 4.69) is 5.32 Å². The number of carbonyl (C=O) groups is 2. The number of carboxylic acids is 1. The first-order valence-electron chi connectivity index (χ1n) is 7.74. The lowest BCUT2D eigenvalue weighted by Gasteiger charge is -2.30. The molecule has 2 unspecified atom stereocenters. The predicted octanol–water partition coefficient (Wildman–Crippen LogP) is 2.41. The summed E-state index contributed by atoms with van der Waals surface area (Å²) in [6.07, 6.45) is -1.57. The van der Waals surface area contributed by atoms with E-state index in [4.69, 9.17) is 9.84 Å². The van der Waals surface area contributed by atoms with Gasteiger partial charge in [0.1, 0.15) is 6.61 Å². The fraction of sp³-hybridized carbons (Fsp3) is 0.529. The third kappa shape index (κ3) is 5.90. The van der Waals surface area contributed by atoms with E-state index in [1.165, 1.54) is 0 Å². The Balaban J connectivity index is 2.64. The second-order valence-electron chi connectivity index (χ2n) is 5.82. The van der Waals surface area contributed by atoms with E-state index < -0.39 is 30.1 Å². The summed E-state index contributed by atoms with van der Waals surface area (Å²) in [6, 6.07) is 8.52. The molecule has 0 saturated heterocycles. The normalized spacial score (nSPS) is 14.8. The van der Waals surface area contributed by atoms with Crippen LogP contribution in [0, 0.1) is 11.8 Å². The maximum atomic E-state index is 11.9. The van der Waals surface area contributed by atoms with Crippen LogP contribution < -0.4 is 5.32 Å². The number of nitrogens with one attached hydrogen (secondary N) is 1. The van der Waals surface area contributed by atoms with Crippen molar-refractivity contribution < 1.29 is 24.5 Å². The van der Waals surface area contributed by atoms with Crippen molar-refractivity contribution in [1.29, 1.82) is 0 Å². The maximum absolute atomic E-state index is 11.9. The van der Waals surface area contributed by atoms with Crippen molar-refractivity contribution in [2.24, 2.45) is 11.8 Å². The number of hydrogen-bond acceptors (Lipinski definition) is 4. The molecule has 128 valence electrons. The van der Waals surface area contributed by atoms with Gasteiger partial charge in [-0.1, -0.05) is 51.1 Å². The minimum atomic E-state index is -1.18. The van der Waals surface area contributed by atoms with E-state index in [9.17, 15) is 14.7 Å². The zero-order valence-electron chi connectivity index (χ0n) is 13.7. The molecule has 1 amide bonds. The standard InChI is InChI=1S/C17H25NO5/c1-4-13(16(20)21)15(19)14(11(2)3)18-17(22)23-10-12-8-6-5-7-9-12/h5-9,11,13-15,19H,4,10H2,1-3H3,(H,18,22)(H,20,21)/t13?,14-,15?/m0/s1. The Labute approximate surface area is 136 Å². The summed E-state index contributed by atoms with van der Waals surface area (Å²) >= 11 is 0. The summed E-state index contributed by atoms with van der Waals surface area (Å²) in [5.74, 6) is -2.15. The average Bonchev–Trinajstić information content (AvgIpc) is 2.51. The lowest BCUT2D eigenvalue weighted by Crippen LogP contribution is -2.51. The second-order valence-corrected chi connectivity index (χ2v) is 5.82. The molecule has 0 aliphatic heterocycles. The average molecular weight is 323 g/mol. The molecule has 1 aromatic carbocycles. The Bertz CT molecular complexity index is 503. The van der Waals surface area contributed by atoms with Gasteiger partial charge >= 0.3 is 12.1 Å². The SMILES string of the molecule is CCC(C(=O)O)C(O)[C@@H](NC(=O)OCc1ccccc1)C(C)C. The molecule has 1 rings (SSSR count). The molecular weight excluding hydrogens is 298 g/mol. The summed E-state index contributed by atoms with van der Waals surface area (Å²) in [7, 11) is 0. The molecular formula is C17H25NO5. The molecule has 0 aromatic heterocycles. The van der Waals surface area contributed by atoms with Gasteiger partial charge in [-0.25, -0.2) is 4.79 Å². The van der Waals surface area contributed by atoms with Gasteiger partial charge in [0.15, 0.2) is 0 Å². The molecule has 3 N–H and O–H groups in total. The van der Waals surface area contributed by atoms with E-state index in [0.29, 0.717) is 0 Å². The first kappa shape index (κ1) is 19.0. The highest BCUT2D eigenvalue weighted by molar-refractivity contribution is 5.71. The van der Waals surface area contributed by atoms with Gasteiger partial charge in [0.05, 0.1) is 18.1 Å². The molecule has 0 radical (unpaired) electrons. The van der Waals surface area contributed by atoms with Crippen molar-refractivity contribution in [2.45, 2.75) is 45.9 Å². The van der Waals surface area contributed by atoms with E-state index in [-0.39, 0.29) is 18.9 Å². The van der Waals surface area contributed by atoms with Crippen LogP contribution in [0.2, 0.25) is 0 Å². The number of alkyl carbamates (subject to hydrolysis) is 1. The molecule has 6 nitrogen and oxygen atoms in total. The van der Waals surface area contributed by atoms with Gasteiger partial charge in [0.25, 0.3) is 0 Å². The number of amides is 1. The van der Waals surface area contributed by atoms with E-state index in [1.54, 1.807) is 20.8 Å². The smallest absolute Gasteiger partial charge is 0.407 e. The maximum Gasteiger partial charge on any atom is 0.407 e. The molecule has 0 aliphatic rings. The minimum Gasteiger partial charge on any atom is -0.481 e. The largest absolute Gasteiger partial charge is 0.481 e. The molecule has 3 atom stereocenters. The number of rotatable bonds is 8. The summed E-state index contributed by atoms with van der Waals surface area (Å²) in [6.45, 7) is 5.41. The van der Waals surface area contributed by atoms with E-state index in [1.807, 2.05) is 30.3 Å². The highest BCUT2D eigenvalue weighted by Gasteiger charge is 2.34. The predicted molar refractivity (Wildman–Crippen MR) is 85.8 cm³/mol. The first-order chi connectivity index (χ1) is 10.9. The van der Waals surface area contributed by atoms with Crippen LogP contribution in [0.3, 0.4) is 0 Å². The number of hydrogen-bond donors (Lipinski definition) is 3. The third-order valence-electron chi connectivity index (χ3n) is 3.75. The molecule has 1 aromatic rings. The lowest BCUT2D eigenvalue weighted by atomic mass is 9.88. The fourth-order valence-electron chi connectivity index (χ4n) is 2.36. The summed E-state index contributed by atoms with van der Waals surface area (Å²) in [5, 5.41) is 22.0. The second kappa shape index (κ2) is 9.15. The molecule has 0 bridgehead atoms. The number of ether oxygens (including phenoxy) is 1. The van der Waals surface area contributed by atoms with Crippen LogP contribution in [0.5, 0.6) is 0 Å². The zero-order chi connectivity index (χ0) is 17.4. The summed E-state index contributed by atoms with van der Waals surface area (Å²) < 4.78 is 5.12. The fourth-order valence-corrected chi connectivity index (χ4v) is 2.36. The first-order valence-corrected chi connectivity index (χ1v) is 7.74. The summed E-state index contributed by atoms with van der Waals surface area (Å²) in [4.78, 5) is 23.1. The zero-order valence-corrected chi connectivity index (χ0v) is 13.7. The highest BCUT2D eigenvalue weighted by Crippen LogP contribution is 2.18. The Morgan fingerprint density at radius 1 is 1.22 bits per heavy atom. The van der Waals surface area contributed by atoms with Crippen molar-refractivity contribution in [3.05, 3.63) is 35.9 Å². The number of aliphatic hydroxyl groups is 1. The van der Waals surface area contributed by atoms with Crippen LogP contribution in [0.4, 0.5) is 4.79 Å². The van der Waals surface area contributed by atoms with Crippen molar-refractivity contribution in [2.75, 3.05) is 0 Å². The third-order valence-corrected chi connectivity index (χ3v) is 3.75. The van der Waals surface area contributed by atoms with Gasteiger partial charge in [0, 0.05) is 0 Å². The number of carboxylic acid groups (broad SMARTS) is 1. The molecule has 0 saturated carbocycles. The number of benzene rings is 1. The van der Waals surface area contributed by atoms with E-state index >= 15 is 0 Å². The van der Waals surface area contributed by atoms with Crippen molar-refractivity contribution in [3.8, 4) is 0 Å². The monoisotopic (exact) mass is 323 g/mol. The van der Waals surface area contributed by atoms with Gasteiger partial charge < -0.3 is 20.3 Å². The molecule has 6 heteroatoms. The van der Waals surface area contributed by atoms with Crippen molar-refractivity contribution >= 4 is 12.1 Å². The topological polar surface area (TPSA) is 95.9 Å². The van der Waals surface area contributed by atoms with Crippen molar-refractivity contribution in [3.63, 3.8) is 0 Å². The van der Waals surface area contributed by atoms with Gasteiger partial charge in [-0.15, -0.1) is 0 Å². The molecule has 0 fully saturated rings. The van der Waals surface area contributed by atoms with Crippen LogP contribution >= 0.6 is 0 Å². The van der Waals surface area contributed by atoms with Crippen LogP contribution in [0.25, 0.3) is 0 Å². The Morgan fingerprint density at radius 2 is 1.83 bits per heavy atom. The molecule has 23 heavy (non-hydrogen) atoms. The van der Waals surface area contributed by atoms with Gasteiger partial charge in [-0.3, -0.25) is 4.79 Å². The molecule has 0 spiro atoms. The summed E-state index contributed by atoms with van der Waals surface area (Å²) in [5.41, 5.74) is 0.848. The molecule has 0 heterocycles. The number of aliphatic hydroxyl groups excluding tert-OH is 1. The van der Waals surface area contributed by atoms with Crippen molar-refractivity contribution in [1.82, 2.24) is 5.32 Å². The Morgan fingerprint density at radius 3 is 2.30 bits per heavy atom. The van der Waals surface area contributed by atoms with Crippen LogP contribution in [0.1, 0.15) is 32.8 Å². The van der Waals surface area contributed by atoms with E-state index in [0.717, 1.165) is 5.56 Å². The highest BCUT2D eigenvalue weighted by atomic mass is 16.5. The van der Waals surface area contributed by atoms with Crippen LogP contribution in [0.15, 0.2) is 30.3 Å². The van der Waals surface area contributed by atoms with Gasteiger partial charge in [-0.2, -0.15) is 0 Å². The quantitative estimate of drug-likeness (QED) is 0.683. The van der Waals surface area contributed by atoms with Crippen LogP contribution in [-0.4, -0.2) is 34.4 Å². The van der Waals surface area contributed by atoms with Gasteiger partial charge in [0.2, 0.25) is 0 Å². The Kier molecular flexibility index (Phi) is 7.54. The van der Waals surface area contributed by atoms with Crippen LogP contribution in [-0.2, 0) is 16.1 Å². The number of carbonyl (C=O) groups excluding carboxylic acids is 1. The molecule has 0 aliphatic carbocycles. The Hall–Kier alpha value is -2.08. The van der Waals surface area contributed by atoms with Gasteiger partial charge in [-0.05, 0) is 17.9 Å². The minimum absolute atomic E-state index is 0.115.